The van der Waals surface area contributed by atoms with Crippen molar-refractivity contribution in [2.24, 2.45) is 0 Å². The van der Waals surface area contributed by atoms with Crippen LogP contribution < -0.4 is 5.32 Å². The molecule has 0 radical (unpaired) electrons. The minimum atomic E-state index is -1.02. The monoisotopic (exact) mass is 218 g/mol. The number of hydrogen-bond donors (Lipinski definition) is 1. The van der Waals surface area contributed by atoms with E-state index < -0.39 is 21.8 Å². The molecule has 0 saturated heterocycles. The van der Waals surface area contributed by atoms with Gasteiger partial charge in [-0.05, 0) is 17.7 Å². The molecule has 1 aromatic rings. The number of nitro benzene ring substituents is 1. The van der Waals surface area contributed by atoms with Gasteiger partial charge in [0.05, 0.1) is 4.92 Å². The molecule has 5 nitrogen and oxygen atoms in total. The number of halogens is 2. The number of nitrogens with zero attached hydrogens (tertiary/aromatic N) is 1. The van der Waals surface area contributed by atoms with Crippen molar-refractivity contribution in [3.05, 3.63) is 34.1 Å². The third kappa shape index (κ3) is 2.40. The maximum Gasteiger partial charge on any atom is 0.318 e. The lowest BCUT2D eigenvalue weighted by atomic mass is 10.2. The van der Waals surface area contributed by atoms with Gasteiger partial charge in [-0.2, -0.15) is 0 Å². The number of carbonyl (C=O) groups excluding carboxylic acids is 1. The first-order chi connectivity index (χ1) is 6.50. The molecule has 74 valence electrons. The fraction of sp³-hybridized carbons (Fsp3) is 0. The Bertz CT molecular complexity index is 397. The molecule has 0 spiro atoms. The number of benzene rings is 1. The van der Waals surface area contributed by atoms with Crippen molar-refractivity contribution in [3.63, 3.8) is 0 Å². The summed E-state index contributed by atoms with van der Waals surface area (Å²) in [6.07, 6.45) is 0. The van der Waals surface area contributed by atoms with Gasteiger partial charge in [-0.3, -0.25) is 14.9 Å². The van der Waals surface area contributed by atoms with Crippen LogP contribution >= 0.6 is 11.6 Å². The van der Waals surface area contributed by atoms with Crippen LogP contribution in [0.15, 0.2) is 18.2 Å². The number of nitrogens with one attached hydrogen (secondary N) is 1. The zero-order valence-electron chi connectivity index (χ0n) is 6.66. The molecule has 0 aromatic heterocycles. The minimum absolute atomic E-state index is 0.269. The first kappa shape index (κ1) is 10.4. The smallest absolute Gasteiger partial charge is 0.307 e. The molecule has 14 heavy (non-hydrogen) atoms. The summed E-state index contributed by atoms with van der Waals surface area (Å²) < 4.78 is 12.6. The van der Waals surface area contributed by atoms with Gasteiger partial charge < -0.3 is 5.32 Å². The Morgan fingerprint density at radius 3 is 2.71 bits per heavy atom. The van der Waals surface area contributed by atoms with E-state index >= 15 is 0 Å². The minimum Gasteiger partial charge on any atom is -0.307 e. The van der Waals surface area contributed by atoms with E-state index in [2.05, 4.69) is 0 Å². The zero-order valence-corrected chi connectivity index (χ0v) is 7.42. The zero-order chi connectivity index (χ0) is 10.7. The largest absolute Gasteiger partial charge is 0.318 e. The molecule has 0 heterocycles. The number of anilines is 1. The molecule has 1 amide bonds. The SMILES string of the molecule is O=C(Cl)Nc1cc(F)ccc1[N+](=O)[O-]. The van der Waals surface area contributed by atoms with Crippen LogP contribution in [0.1, 0.15) is 0 Å². The second-order valence-electron chi connectivity index (χ2n) is 2.32. The van der Waals surface area contributed by atoms with Crippen LogP contribution in [0.25, 0.3) is 0 Å². The molecule has 1 aromatic carbocycles. The highest BCUT2D eigenvalue weighted by Crippen LogP contribution is 2.25. The van der Waals surface area contributed by atoms with Crippen LogP contribution in [0.4, 0.5) is 20.6 Å². The summed E-state index contributed by atoms with van der Waals surface area (Å²) in [6.45, 7) is 0. The summed E-state index contributed by atoms with van der Waals surface area (Å²) in [6, 6.07) is 2.68. The highest BCUT2D eigenvalue weighted by molar-refractivity contribution is 6.65. The van der Waals surface area contributed by atoms with Crippen LogP contribution in [-0.4, -0.2) is 10.3 Å². The van der Waals surface area contributed by atoms with E-state index in [0.717, 1.165) is 18.2 Å². The van der Waals surface area contributed by atoms with Crippen molar-refractivity contribution in [3.8, 4) is 0 Å². The molecule has 7 heteroatoms. The first-order valence-electron chi connectivity index (χ1n) is 3.41. The van der Waals surface area contributed by atoms with Gasteiger partial charge in [0.1, 0.15) is 11.5 Å². The number of rotatable bonds is 2. The fourth-order valence-corrected chi connectivity index (χ4v) is 0.975. The average Bonchev–Trinajstić information content (AvgIpc) is 2.01. The van der Waals surface area contributed by atoms with E-state index in [1.807, 2.05) is 5.32 Å². The van der Waals surface area contributed by atoms with E-state index in [1.165, 1.54) is 0 Å². The van der Waals surface area contributed by atoms with Crippen molar-refractivity contribution in [2.45, 2.75) is 0 Å². The summed E-state index contributed by atoms with van der Waals surface area (Å²) in [4.78, 5) is 20.1. The predicted octanol–water partition coefficient (Wildman–Crippen LogP) is 2.50. The van der Waals surface area contributed by atoms with Crippen LogP contribution in [0.5, 0.6) is 0 Å². The molecular weight excluding hydrogens is 215 g/mol. The third-order valence-electron chi connectivity index (χ3n) is 1.39. The normalized spacial score (nSPS) is 9.57. The maximum atomic E-state index is 12.6. The summed E-state index contributed by atoms with van der Waals surface area (Å²) in [5, 5.41) is 11.3. The number of carbonyl (C=O) groups is 1. The number of nitro groups is 1. The molecule has 0 unspecified atom stereocenters. The van der Waals surface area contributed by atoms with E-state index in [1.54, 1.807) is 0 Å². The van der Waals surface area contributed by atoms with E-state index in [-0.39, 0.29) is 5.69 Å². The molecule has 0 atom stereocenters. The molecule has 0 aliphatic rings. The Labute approximate surface area is 82.6 Å². The van der Waals surface area contributed by atoms with Crippen molar-refractivity contribution in [1.82, 2.24) is 0 Å². The average molecular weight is 219 g/mol. The standard InChI is InChI=1S/C7H4ClFN2O3/c8-7(12)10-5-3-4(9)1-2-6(5)11(13)14/h1-3H,(H,10,12). The quantitative estimate of drug-likeness (QED) is 0.359. The van der Waals surface area contributed by atoms with Crippen LogP contribution in [0.3, 0.4) is 0 Å². The van der Waals surface area contributed by atoms with E-state index in [4.69, 9.17) is 11.6 Å². The first-order valence-corrected chi connectivity index (χ1v) is 3.79. The van der Waals surface area contributed by atoms with E-state index in [9.17, 15) is 19.3 Å². The lowest BCUT2D eigenvalue weighted by Crippen LogP contribution is -2.04. The van der Waals surface area contributed by atoms with Gasteiger partial charge in [0.25, 0.3) is 5.69 Å². The van der Waals surface area contributed by atoms with Gasteiger partial charge in [0.15, 0.2) is 0 Å². The van der Waals surface area contributed by atoms with Crippen LogP contribution in [-0.2, 0) is 0 Å². The summed E-state index contributed by atoms with van der Waals surface area (Å²) >= 11 is 4.95. The van der Waals surface area contributed by atoms with Crippen molar-refractivity contribution in [2.75, 3.05) is 5.32 Å². The van der Waals surface area contributed by atoms with E-state index in [0.29, 0.717) is 0 Å². The summed E-state index contributed by atoms with van der Waals surface area (Å²) in [5.74, 6) is -0.698. The Balaban J connectivity index is 3.15. The molecule has 1 N–H and O–H groups in total. The Morgan fingerprint density at radius 1 is 1.57 bits per heavy atom. The second kappa shape index (κ2) is 4.01. The fourth-order valence-electron chi connectivity index (χ4n) is 0.873. The summed E-state index contributed by atoms with van der Waals surface area (Å²) in [5.41, 5.74) is -0.685. The summed E-state index contributed by atoms with van der Waals surface area (Å²) in [7, 11) is 0. The second-order valence-corrected chi connectivity index (χ2v) is 2.66. The number of amides is 1. The van der Waals surface area contributed by atoms with Gasteiger partial charge in [0, 0.05) is 12.1 Å². The Hall–Kier alpha value is -1.69. The van der Waals surface area contributed by atoms with Gasteiger partial charge in [-0.25, -0.2) is 4.39 Å². The van der Waals surface area contributed by atoms with Crippen LogP contribution in [0, 0.1) is 15.9 Å². The van der Waals surface area contributed by atoms with Crippen molar-refractivity contribution >= 4 is 28.3 Å². The number of hydrogen-bond acceptors (Lipinski definition) is 3. The molecular formula is C7H4ClFN2O3. The van der Waals surface area contributed by atoms with Crippen molar-refractivity contribution in [1.29, 1.82) is 0 Å². The Kier molecular flexibility index (Phi) is 2.98. The molecule has 0 saturated carbocycles. The molecule has 1 rings (SSSR count). The maximum absolute atomic E-state index is 12.6. The van der Waals surface area contributed by atoms with Gasteiger partial charge in [0.2, 0.25) is 0 Å². The highest BCUT2D eigenvalue weighted by atomic mass is 35.5. The Morgan fingerprint density at radius 2 is 2.21 bits per heavy atom. The molecule has 0 aliphatic heterocycles. The molecule has 0 bridgehead atoms. The van der Waals surface area contributed by atoms with Gasteiger partial charge >= 0.3 is 5.37 Å². The third-order valence-corrected chi connectivity index (χ3v) is 1.48. The van der Waals surface area contributed by atoms with Crippen LogP contribution in [0.2, 0.25) is 0 Å². The van der Waals surface area contributed by atoms with Gasteiger partial charge in [-0.1, -0.05) is 0 Å². The highest BCUT2D eigenvalue weighted by Gasteiger charge is 2.15. The lowest BCUT2D eigenvalue weighted by molar-refractivity contribution is -0.384. The predicted molar refractivity (Wildman–Crippen MR) is 47.9 cm³/mol. The topological polar surface area (TPSA) is 72.2 Å². The lowest BCUT2D eigenvalue weighted by Gasteiger charge is -2.01. The van der Waals surface area contributed by atoms with Gasteiger partial charge in [-0.15, -0.1) is 0 Å². The molecule has 0 aliphatic carbocycles. The van der Waals surface area contributed by atoms with Crippen molar-refractivity contribution < 1.29 is 14.1 Å². The molecule has 0 fully saturated rings.